The van der Waals surface area contributed by atoms with Crippen molar-refractivity contribution in [2.24, 2.45) is 0 Å². The first-order valence-electron chi connectivity index (χ1n) is 5.95. The molecule has 2 N–H and O–H groups in total. The summed E-state index contributed by atoms with van der Waals surface area (Å²) >= 11 is 0. The van der Waals surface area contributed by atoms with Gasteiger partial charge >= 0.3 is 6.61 Å². The van der Waals surface area contributed by atoms with Gasteiger partial charge in [0, 0.05) is 5.92 Å². The minimum absolute atomic E-state index is 0.113. The van der Waals surface area contributed by atoms with Crippen LogP contribution in [0.25, 0.3) is 11.1 Å². The van der Waals surface area contributed by atoms with Crippen molar-refractivity contribution in [2.75, 3.05) is 5.73 Å². The van der Waals surface area contributed by atoms with Crippen molar-refractivity contribution in [1.29, 1.82) is 0 Å². The van der Waals surface area contributed by atoms with E-state index in [1.54, 1.807) is 12.1 Å². The molecule has 2 aromatic rings. The summed E-state index contributed by atoms with van der Waals surface area (Å²) in [5.74, 6) is 0.763. The summed E-state index contributed by atoms with van der Waals surface area (Å²) in [5, 5.41) is 3.97. The second kappa shape index (κ2) is 4.53. The molecule has 1 heterocycles. The van der Waals surface area contributed by atoms with Crippen LogP contribution in [-0.2, 0) is 0 Å². The van der Waals surface area contributed by atoms with Crippen LogP contribution in [0.15, 0.2) is 28.8 Å². The summed E-state index contributed by atoms with van der Waals surface area (Å²) in [5.41, 5.74) is 8.17. The molecule has 100 valence electrons. The molecule has 4 nitrogen and oxygen atoms in total. The van der Waals surface area contributed by atoms with Crippen LogP contribution in [0.2, 0.25) is 0 Å². The van der Waals surface area contributed by atoms with Crippen molar-refractivity contribution >= 4 is 5.88 Å². The number of benzene rings is 1. The molecule has 1 aliphatic rings. The van der Waals surface area contributed by atoms with Gasteiger partial charge in [0.15, 0.2) is 0 Å². The van der Waals surface area contributed by atoms with E-state index in [-0.39, 0.29) is 11.6 Å². The van der Waals surface area contributed by atoms with Gasteiger partial charge in [-0.05, 0) is 30.5 Å². The fraction of sp³-hybridized carbons (Fsp3) is 0.308. The maximum atomic E-state index is 12.1. The second-order valence-corrected chi connectivity index (χ2v) is 4.48. The smallest absolute Gasteiger partial charge is 0.387 e. The van der Waals surface area contributed by atoms with Gasteiger partial charge in [-0.1, -0.05) is 17.3 Å². The number of ether oxygens (including phenoxy) is 1. The third kappa shape index (κ3) is 2.38. The molecule has 0 amide bonds. The van der Waals surface area contributed by atoms with E-state index in [0.29, 0.717) is 5.92 Å². The van der Waals surface area contributed by atoms with Gasteiger partial charge in [0.2, 0.25) is 5.88 Å². The maximum absolute atomic E-state index is 12.1. The predicted octanol–water partition coefficient (Wildman–Crippen LogP) is 3.40. The van der Waals surface area contributed by atoms with Crippen molar-refractivity contribution in [3.05, 3.63) is 30.0 Å². The lowest BCUT2D eigenvalue weighted by atomic mass is 10.0. The standard InChI is InChI=1S/C13H12F2N2O2/c14-13(15)18-9-5-3-7(4-6-9)10-11(8-1-2-8)17-19-12(10)16/h3-6,8,13H,1-2,16H2. The largest absolute Gasteiger partial charge is 0.435 e. The average Bonchev–Trinajstić information content (AvgIpc) is 3.14. The highest BCUT2D eigenvalue weighted by molar-refractivity contribution is 5.76. The van der Waals surface area contributed by atoms with Crippen LogP contribution in [-0.4, -0.2) is 11.8 Å². The molecule has 1 aliphatic carbocycles. The third-order valence-corrected chi connectivity index (χ3v) is 3.08. The molecule has 1 saturated carbocycles. The Labute approximate surface area is 108 Å². The third-order valence-electron chi connectivity index (χ3n) is 3.08. The molecule has 0 spiro atoms. The van der Waals surface area contributed by atoms with E-state index in [1.165, 1.54) is 12.1 Å². The van der Waals surface area contributed by atoms with Crippen molar-refractivity contribution in [1.82, 2.24) is 5.16 Å². The molecule has 1 aromatic carbocycles. The van der Waals surface area contributed by atoms with Crippen molar-refractivity contribution < 1.29 is 18.0 Å². The fourth-order valence-corrected chi connectivity index (χ4v) is 2.04. The Morgan fingerprint density at radius 3 is 2.53 bits per heavy atom. The van der Waals surface area contributed by atoms with Gasteiger partial charge in [-0.3, -0.25) is 0 Å². The van der Waals surface area contributed by atoms with Crippen LogP contribution in [0.3, 0.4) is 0 Å². The molecule has 0 saturated heterocycles. The quantitative estimate of drug-likeness (QED) is 0.921. The average molecular weight is 266 g/mol. The molecule has 3 rings (SSSR count). The Balaban J connectivity index is 1.91. The molecule has 0 bridgehead atoms. The van der Waals surface area contributed by atoms with Gasteiger partial charge in [0.25, 0.3) is 0 Å². The van der Waals surface area contributed by atoms with Crippen molar-refractivity contribution in [3.63, 3.8) is 0 Å². The minimum atomic E-state index is -2.83. The second-order valence-electron chi connectivity index (χ2n) is 4.48. The summed E-state index contributed by atoms with van der Waals surface area (Å²) in [6, 6.07) is 6.30. The Morgan fingerprint density at radius 2 is 1.95 bits per heavy atom. The lowest BCUT2D eigenvalue weighted by Gasteiger charge is -2.06. The fourth-order valence-electron chi connectivity index (χ4n) is 2.04. The number of hydrogen-bond acceptors (Lipinski definition) is 4. The summed E-state index contributed by atoms with van der Waals surface area (Å²) in [7, 11) is 0. The normalized spacial score (nSPS) is 14.9. The van der Waals surface area contributed by atoms with Gasteiger partial charge in [0.05, 0.1) is 11.3 Å². The lowest BCUT2D eigenvalue weighted by molar-refractivity contribution is -0.0498. The van der Waals surface area contributed by atoms with Crippen molar-refractivity contribution in [2.45, 2.75) is 25.4 Å². The van der Waals surface area contributed by atoms with Crippen LogP contribution >= 0.6 is 0 Å². The van der Waals surface area contributed by atoms with Gasteiger partial charge in [-0.25, -0.2) is 0 Å². The number of nitrogen functional groups attached to an aromatic ring is 1. The van der Waals surface area contributed by atoms with Gasteiger partial charge in [-0.15, -0.1) is 0 Å². The van der Waals surface area contributed by atoms with E-state index in [2.05, 4.69) is 9.89 Å². The molecule has 0 radical (unpaired) electrons. The Hall–Kier alpha value is -2.11. The monoisotopic (exact) mass is 266 g/mol. The number of anilines is 1. The first-order valence-corrected chi connectivity index (χ1v) is 5.95. The highest BCUT2D eigenvalue weighted by atomic mass is 19.3. The Kier molecular flexibility index (Phi) is 2.85. The number of hydrogen-bond donors (Lipinski definition) is 1. The van der Waals surface area contributed by atoms with Gasteiger partial charge < -0.3 is 15.0 Å². The first kappa shape index (κ1) is 12.0. The molecule has 0 aliphatic heterocycles. The maximum Gasteiger partial charge on any atom is 0.387 e. The zero-order chi connectivity index (χ0) is 13.4. The first-order chi connectivity index (χ1) is 9.15. The highest BCUT2D eigenvalue weighted by Crippen LogP contribution is 2.45. The zero-order valence-electron chi connectivity index (χ0n) is 9.98. The van der Waals surface area contributed by atoms with Crippen LogP contribution in [0, 0.1) is 0 Å². The SMILES string of the molecule is Nc1onc(C2CC2)c1-c1ccc(OC(F)F)cc1. The van der Waals surface area contributed by atoms with Crippen LogP contribution < -0.4 is 10.5 Å². The number of halogens is 2. The topological polar surface area (TPSA) is 61.3 Å². The minimum Gasteiger partial charge on any atom is -0.435 e. The summed E-state index contributed by atoms with van der Waals surface area (Å²) in [6.45, 7) is -2.83. The van der Waals surface area contributed by atoms with Crippen LogP contribution in [0.5, 0.6) is 5.75 Å². The Bertz CT molecular complexity index is 577. The van der Waals surface area contributed by atoms with Crippen LogP contribution in [0.1, 0.15) is 24.5 Å². The van der Waals surface area contributed by atoms with Crippen LogP contribution in [0.4, 0.5) is 14.7 Å². The van der Waals surface area contributed by atoms with E-state index in [9.17, 15) is 8.78 Å². The van der Waals surface area contributed by atoms with Crippen molar-refractivity contribution in [3.8, 4) is 16.9 Å². The highest BCUT2D eigenvalue weighted by Gasteiger charge is 2.31. The molecule has 0 atom stereocenters. The molecule has 0 unspecified atom stereocenters. The number of rotatable bonds is 4. The molecular weight excluding hydrogens is 254 g/mol. The van der Waals surface area contributed by atoms with E-state index >= 15 is 0 Å². The number of aromatic nitrogens is 1. The number of nitrogens with zero attached hydrogens (tertiary/aromatic N) is 1. The Morgan fingerprint density at radius 1 is 1.26 bits per heavy atom. The molecule has 1 fully saturated rings. The van der Waals surface area contributed by atoms with E-state index in [4.69, 9.17) is 10.3 Å². The molecule has 1 aromatic heterocycles. The number of nitrogens with two attached hydrogens (primary N) is 1. The lowest BCUT2D eigenvalue weighted by Crippen LogP contribution is -2.01. The van der Waals surface area contributed by atoms with E-state index in [0.717, 1.165) is 29.7 Å². The molecule has 19 heavy (non-hydrogen) atoms. The molecular formula is C13H12F2N2O2. The van der Waals surface area contributed by atoms with Gasteiger partial charge in [0.1, 0.15) is 5.75 Å². The van der Waals surface area contributed by atoms with E-state index in [1.807, 2.05) is 0 Å². The summed E-state index contributed by atoms with van der Waals surface area (Å²) in [6.07, 6.45) is 2.15. The van der Waals surface area contributed by atoms with E-state index < -0.39 is 6.61 Å². The number of alkyl halides is 2. The van der Waals surface area contributed by atoms with Gasteiger partial charge in [-0.2, -0.15) is 8.78 Å². The predicted molar refractivity (Wildman–Crippen MR) is 65.0 cm³/mol. The molecule has 6 heteroatoms. The zero-order valence-corrected chi connectivity index (χ0v) is 9.98. The summed E-state index contributed by atoms with van der Waals surface area (Å²) < 4.78 is 33.5. The summed E-state index contributed by atoms with van der Waals surface area (Å²) in [4.78, 5) is 0.